The molecule has 3 aliphatic heterocycles. The van der Waals surface area contributed by atoms with Gasteiger partial charge in [-0.2, -0.15) is 5.10 Å². The van der Waals surface area contributed by atoms with Crippen molar-refractivity contribution in [3.8, 4) is 0 Å². The van der Waals surface area contributed by atoms with Crippen molar-refractivity contribution in [2.45, 2.75) is 57.8 Å². The van der Waals surface area contributed by atoms with Crippen molar-refractivity contribution in [3.05, 3.63) is 45.1 Å². The molecule has 3 aliphatic rings. The number of fused-ring (bicyclic) bond motifs is 2. The average Bonchev–Trinajstić information content (AvgIpc) is 3.45. The summed E-state index contributed by atoms with van der Waals surface area (Å²) in [5.41, 5.74) is 1.48. The summed E-state index contributed by atoms with van der Waals surface area (Å²) >= 11 is 12.0. The number of halogens is 2. The largest absolute Gasteiger partial charge is 0.321 e. The van der Waals surface area contributed by atoms with Gasteiger partial charge < -0.3 is 15.1 Å². The highest BCUT2D eigenvalue weighted by molar-refractivity contribution is 6.42. The standard InChI is InChI=1S/C23H28Cl2N6O2/c1-13-10-29-8-4-5-15(29)11-30(13)22(33)31-12-16-19(23(31,2)3)27-28-20(16)26-21(32)14-6-7-17(24)18(25)9-14/h6-7,9,13,15H,4-5,8,10-12H2,1-3H3,(H2,26,27,28,32)/t13-,15-/m0/s1. The van der Waals surface area contributed by atoms with E-state index >= 15 is 0 Å². The molecule has 4 heterocycles. The molecule has 2 saturated heterocycles. The van der Waals surface area contributed by atoms with Gasteiger partial charge in [0.2, 0.25) is 0 Å². The zero-order valence-corrected chi connectivity index (χ0v) is 20.5. The third-order valence-electron chi connectivity index (χ3n) is 7.30. The summed E-state index contributed by atoms with van der Waals surface area (Å²) in [5, 5.41) is 10.9. The van der Waals surface area contributed by atoms with Crippen molar-refractivity contribution in [3.63, 3.8) is 0 Å². The molecule has 33 heavy (non-hydrogen) atoms. The number of amides is 3. The number of hydrogen-bond donors (Lipinski definition) is 2. The number of aromatic nitrogens is 2. The van der Waals surface area contributed by atoms with Gasteiger partial charge >= 0.3 is 6.03 Å². The fraction of sp³-hybridized carbons (Fsp3) is 0.522. The van der Waals surface area contributed by atoms with Gasteiger partial charge in [0, 0.05) is 36.3 Å². The molecule has 10 heteroatoms. The predicted octanol–water partition coefficient (Wildman–Crippen LogP) is 4.31. The highest BCUT2D eigenvalue weighted by Crippen LogP contribution is 2.42. The van der Waals surface area contributed by atoms with Crippen LogP contribution >= 0.6 is 23.2 Å². The van der Waals surface area contributed by atoms with Gasteiger partial charge in [0.05, 0.1) is 27.8 Å². The first kappa shape index (κ1) is 22.5. The van der Waals surface area contributed by atoms with E-state index in [1.54, 1.807) is 12.1 Å². The lowest BCUT2D eigenvalue weighted by molar-refractivity contribution is 0.0454. The van der Waals surface area contributed by atoms with Gasteiger partial charge in [0.25, 0.3) is 5.91 Å². The van der Waals surface area contributed by atoms with Crippen LogP contribution in [0.2, 0.25) is 10.0 Å². The van der Waals surface area contributed by atoms with E-state index in [1.807, 2.05) is 23.6 Å². The number of aromatic amines is 1. The number of nitrogens with zero attached hydrogens (tertiary/aromatic N) is 4. The summed E-state index contributed by atoms with van der Waals surface area (Å²) in [4.78, 5) is 32.9. The second-order valence-electron chi connectivity index (χ2n) is 9.73. The molecule has 2 aromatic rings. The van der Waals surface area contributed by atoms with Gasteiger partial charge in [-0.15, -0.1) is 0 Å². The molecule has 176 valence electrons. The van der Waals surface area contributed by atoms with Crippen molar-refractivity contribution in [1.82, 2.24) is 24.9 Å². The second kappa shape index (κ2) is 8.18. The normalized spacial score (nSPS) is 24.0. The number of piperazine rings is 1. The lowest BCUT2D eigenvalue weighted by atomic mass is 10.0. The molecule has 0 radical (unpaired) electrons. The maximum absolute atomic E-state index is 13.7. The maximum Gasteiger partial charge on any atom is 0.321 e. The van der Waals surface area contributed by atoms with Crippen LogP contribution in [-0.4, -0.2) is 68.6 Å². The summed E-state index contributed by atoms with van der Waals surface area (Å²) in [6, 6.07) is 5.37. The van der Waals surface area contributed by atoms with Crippen molar-refractivity contribution in [1.29, 1.82) is 0 Å². The number of carbonyl (C=O) groups excluding carboxylic acids is 2. The number of nitrogens with one attached hydrogen (secondary N) is 2. The molecule has 1 aromatic carbocycles. The summed E-state index contributed by atoms with van der Waals surface area (Å²) in [6.07, 6.45) is 2.35. The number of urea groups is 1. The van der Waals surface area contributed by atoms with E-state index in [4.69, 9.17) is 23.2 Å². The molecule has 0 aliphatic carbocycles. The first-order valence-electron chi connectivity index (χ1n) is 11.3. The molecule has 0 bridgehead atoms. The van der Waals surface area contributed by atoms with Gasteiger partial charge in [-0.05, 0) is 58.4 Å². The molecule has 2 fully saturated rings. The minimum absolute atomic E-state index is 0.0328. The molecular formula is C23H28Cl2N6O2. The Kier molecular flexibility index (Phi) is 5.58. The predicted molar refractivity (Wildman–Crippen MR) is 128 cm³/mol. The van der Waals surface area contributed by atoms with Crippen LogP contribution in [0.4, 0.5) is 10.6 Å². The van der Waals surface area contributed by atoms with Gasteiger partial charge in [-0.25, -0.2) is 4.79 Å². The molecule has 1 aromatic heterocycles. The monoisotopic (exact) mass is 490 g/mol. The number of anilines is 1. The number of H-pyrrole nitrogens is 1. The first-order chi connectivity index (χ1) is 15.7. The molecule has 2 N–H and O–H groups in total. The fourth-order valence-corrected chi connectivity index (χ4v) is 5.65. The van der Waals surface area contributed by atoms with Gasteiger partial charge in [0.1, 0.15) is 0 Å². The van der Waals surface area contributed by atoms with E-state index in [1.165, 1.54) is 12.5 Å². The van der Waals surface area contributed by atoms with Crippen LogP contribution in [0.1, 0.15) is 55.2 Å². The lowest BCUT2D eigenvalue weighted by Gasteiger charge is -2.45. The number of hydrogen-bond acceptors (Lipinski definition) is 4. The van der Waals surface area contributed by atoms with Crippen molar-refractivity contribution >= 4 is 41.0 Å². The minimum Gasteiger partial charge on any atom is -0.319 e. The van der Waals surface area contributed by atoms with E-state index < -0.39 is 5.54 Å². The molecule has 5 rings (SSSR count). The SMILES string of the molecule is C[C@H]1CN2CCC[C@H]2CN1C(=O)N1Cc2c(NC(=O)c3ccc(Cl)c(Cl)c3)n[nH]c2C1(C)C. The lowest BCUT2D eigenvalue weighted by Crippen LogP contribution is -2.60. The Bertz CT molecular complexity index is 1120. The van der Waals surface area contributed by atoms with Gasteiger partial charge in [-0.1, -0.05) is 23.2 Å². The minimum atomic E-state index is -0.571. The number of rotatable bonds is 2. The molecule has 8 nitrogen and oxygen atoms in total. The second-order valence-corrected chi connectivity index (χ2v) is 10.5. The van der Waals surface area contributed by atoms with Crippen LogP contribution in [0.3, 0.4) is 0 Å². The van der Waals surface area contributed by atoms with Crippen molar-refractivity contribution in [2.24, 2.45) is 0 Å². The Morgan fingerprint density at radius 3 is 2.76 bits per heavy atom. The summed E-state index contributed by atoms with van der Waals surface area (Å²) in [5.74, 6) is 0.0922. The Labute approximate surface area is 203 Å². The van der Waals surface area contributed by atoms with E-state index in [2.05, 4.69) is 27.3 Å². The highest BCUT2D eigenvalue weighted by atomic mass is 35.5. The number of carbonyl (C=O) groups is 2. The molecule has 0 saturated carbocycles. The Balaban J connectivity index is 1.35. The third-order valence-corrected chi connectivity index (χ3v) is 8.04. The summed E-state index contributed by atoms with van der Waals surface area (Å²) < 4.78 is 0. The zero-order valence-electron chi connectivity index (χ0n) is 19.0. The Hall–Kier alpha value is -2.29. The fourth-order valence-electron chi connectivity index (χ4n) is 5.35. The van der Waals surface area contributed by atoms with Crippen LogP contribution in [-0.2, 0) is 12.1 Å². The van der Waals surface area contributed by atoms with Crippen LogP contribution in [0.15, 0.2) is 18.2 Å². The van der Waals surface area contributed by atoms with Gasteiger partial charge in [0.15, 0.2) is 5.82 Å². The zero-order chi connectivity index (χ0) is 23.5. The Morgan fingerprint density at radius 2 is 2.00 bits per heavy atom. The van der Waals surface area contributed by atoms with Crippen LogP contribution in [0, 0.1) is 0 Å². The number of benzene rings is 1. The smallest absolute Gasteiger partial charge is 0.319 e. The van der Waals surface area contributed by atoms with Crippen LogP contribution in [0.25, 0.3) is 0 Å². The summed E-state index contributed by atoms with van der Waals surface area (Å²) in [7, 11) is 0. The van der Waals surface area contributed by atoms with Crippen molar-refractivity contribution < 1.29 is 9.59 Å². The van der Waals surface area contributed by atoms with E-state index in [9.17, 15) is 9.59 Å². The quantitative estimate of drug-likeness (QED) is 0.656. The van der Waals surface area contributed by atoms with E-state index in [0.29, 0.717) is 34.0 Å². The van der Waals surface area contributed by atoms with Crippen LogP contribution < -0.4 is 5.32 Å². The maximum atomic E-state index is 13.7. The highest BCUT2D eigenvalue weighted by Gasteiger charge is 2.47. The molecule has 3 amide bonds. The molecule has 0 spiro atoms. The van der Waals surface area contributed by atoms with E-state index in [-0.39, 0.29) is 18.0 Å². The third kappa shape index (κ3) is 3.78. The average molecular weight is 491 g/mol. The molecule has 2 atom stereocenters. The molecular weight excluding hydrogens is 463 g/mol. The molecule has 0 unspecified atom stereocenters. The van der Waals surface area contributed by atoms with Crippen molar-refractivity contribution in [2.75, 3.05) is 25.0 Å². The summed E-state index contributed by atoms with van der Waals surface area (Å²) in [6.45, 7) is 9.34. The van der Waals surface area contributed by atoms with Gasteiger partial charge in [-0.3, -0.25) is 14.8 Å². The van der Waals surface area contributed by atoms with Crippen LogP contribution in [0.5, 0.6) is 0 Å². The first-order valence-corrected chi connectivity index (χ1v) is 12.1. The topological polar surface area (TPSA) is 84.6 Å². The van der Waals surface area contributed by atoms with E-state index in [0.717, 1.165) is 37.3 Å². The Morgan fingerprint density at radius 1 is 1.21 bits per heavy atom.